The van der Waals surface area contributed by atoms with Gasteiger partial charge in [-0.2, -0.15) is 0 Å². The van der Waals surface area contributed by atoms with E-state index in [0.29, 0.717) is 11.8 Å². The number of fused-ring (bicyclic) bond motifs is 1. The summed E-state index contributed by atoms with van der Waals surface area (Å²) in [5, 5.41) is 0. The van der Waals surface area contributed by atoms with Gasteiger partial charge in [0, 0.05) is 5.92 Å². The lowest BCUT2D eigenvalue weighted by Gasteiger charge is -2.26. The smallest absolute Gasteiger partial charge is 0.309 e. The van der Waals surface area contributed by atoms with Crippen LogP contribution in [0.2, 0.25) is 0 Å². The van der Waals surface area contributed by atoms with Crippen molar-refractivity contribution in [1.29, 1.82) is 0 Å². The Morgan fingerprint density at radius 2 is 2.00 bits per heavy atom. The molecule has 1 saturated heterocycles. The molecule has 2 fully saturated rings. The molecule has 13 heavy (non-hydrogen) atoms. The van der Waals surface area contributed by atoms with Crippen molar-refractivity contribution in [2.24, 2.45) is 17.8 Å². The van der Waals surface area contributed by atoms with Crippen LogP contribution in [0.25, 0.3) is 0 Å². The molecule has 0 N–H and O–H groups in total. The minimum Gasteiger partial charge on any atom is -0.462 e. The zero-order chi connectivity index (χ0) is 9.42. The van der Waals surface area contributed by atoms with Gasteiger partial charge in [0.25, 0.3) is 0 Å². The summed E-state index contributed by atoms with van der Waals surface area (Å²) in [5.41, 5.74) is 0. The Morgan fingerprint density at radius 1 is 1.31 bits per heavy atom. The number of hydrogen-bond acceptors (Lipinski definition) is 2. The summed E-state index contributed by atoms with van der Waals surface area (Å²) in [6.07, 6.45) is 5.06. The van der Waals surface area contributed by atoms with Gasteiger partial charge in [-0.3, -0.25) is 4.79 Å². The first-order valence-corrected chi connectivity index (χ1v) is 5.40. The second-order valence-corrected chi connectivity index (χ2v) is 4.69. The highest BCUT2D eigenvalue weighted by Crippen LogP contribution is 2.41. The highest BCUT2D eigenvalue weighted by atomic mass is 16.6. The molecule has 0 aromatic carbocycles. The molecule has 1 saturated carbocycles. The molecular weight excluding hydrogens is 164 g/mol. The van der Waals surface area contributed by atoms with Crippen molar-refractivity contribution in [3.05, 3.63) is 0 Å². The van der Waals surface area contributed by atoms with E-state index in [1.54, 1.807) is 0 Å². The van der Waals surface area contributed by atoms with Gasteiger partial charge in [0.05, 0.1) is 5.92 Å². The Morgan fingerprint density at radius 3 is 2.69 bits per heavy atom. The average Bonchev–Trinajstić information content (AvgIpc) is 2.39. The van der Waals surface area contributed by atoms with Gasteiger partial charge in [0.2, 0.25) is 0 Å². The predicted molar refractivity (Wildman–Crippen MR) is 50.2 cm³/mol. The van der Waals surface area contributed by atoms with Crippen molar-refractivity contribution in [1.82, 2.24) is 0 Å². The summed E-state index contributed by atoms with van der Waals surface area (Å²) in [7, 11) is 0. The standard InChI is InChI=1S/C11H18O2/c1-7(2)10-8-5-3-4-6-9(8)13-11(10)12/h7-10H,3-6H2,1-2H3. The van der Waals surface area contributed by atoms with Crippen molar-refractivity contribution < 1.29 is 9.53 Å². The van der Waals surface area contributed by atoms with Gasteiger partial charge in [-0.25, -0.2) is 0 Å². The van der Waals surface area contributed by atoms with E-state index in [2.05, 4.69) is 13.8 Å². The molecule has 3 atom stereocenters. The molecule has 0 bridgehead atoms. The molecule has 0 aromatic rings. The SMILES string of the molecule is CC(C)C1C(=O)OC2CCCCC21. The molecule has 2 rings (SSSR count). The zero-order valence-electron chi connectivity index (χ0n) is 8.45. The van der Waals surface area contributed by atoms with Crippen LogP contribution >= 0.6 is 0 Å². The van der Waals surface area contributed by atoms with E-state index in [9.17, 15) is 4.79 Å². The summed E-state index contributed by atoms with van der Waals surface area (Å²) < 4.78 is 5.40. The number of carbonyl (C=O) groups is 1. The normalized spacial score (nSPS) is 39.0. The van der Waals surface area contributed by atoms with Gasteiger partial charge in [0.1, 0.15) is 6.10 Å². The van der Waals surface area contributed by atoms with E-state index in [4.69, 9.17) is 4.74 Å². The molecule has 2 heteroatoms. The first-order chi connectivity index (χ1) is 6.20. The third-order valence-electron chi connectivity index (χ3n) is 3.47. The maximum Gasteiger partial charge on any atom is 0.309 e. The van der Waals surface area contributed by atoms with Gasteiger partial charge in [0.15, 0.2) is 0 Å². The maximum atomic E-state index is 11.6. The van der Waals surface area contributed by atoms with Gasteiger partial charge in [-0.05, 0) is 25.2 Å². The van der Waals surface area contributed by atoms with Crippen molar-refractivity contribution >= 4 is 5.97 Å². The van der Waals surface area contributed by atoms with Crippen molar-refractivity contribution in [2.45, 2.75) is 45.6 Å². The molecule has 0 radical (unpaired) electrons. The van der Waals surface area contributed by atoms with Gasteiger partial charge in [-0.15, -0.1) is 0 Å². The Bertz CT molecular complexity index is 210. The molecule has 3 unspecified atom stereocenters. The van der Waals surface area contributed by atoms with Crippen molar-refractivity contribution in [3.8, 4) is 0 Å². The summed E-state index contributed by atoms with van der Waals surface area (Å²) in [6.45, 7) is 4.26. The fraction of sp³-hybridized carbons (Fsp3) is 0.909. The average molecular weight is 182 g/mol. The quantitative estimate of drug-likeness (QED) is 0.582. The van der Waals surface area contributed by atoms with E-state index < -0.39 is 0 Å². The van der Waals surface area contributed by atoms with Crippen LogP contribution < -0.4 is 0 Å². The molecule has 0 amide bonds. The molecule has 2 nitrogen and oxygen atoms in total. The maximum absolute atomic E-state index is 11.6. The lowest BCUT2D eigenvalue weighted by atomic mass is 9.76. The second kappa shape index (κ2) is 3.32. The molecule has 74 valence electrons. The van der Waals surface area contributed by atoms with Crippen LogP contribution in [-0.4, -0.2) is 12.1 Å². The monoisotopic (exact) mass is 182 g/mol. The molecular formula is C11H18O2. The Hall–Kier alpha value is -0.530. The number of esters is 1. The van der Waals surface area contributed by atoms with Crippen LogP contribution in [0, 0.1) is 17.8 Å². The van der Waals surface area contributed by atoms with E-state index in [-0.39, 0.29) is 18.0 Å². The Kier molecular flexibility index (Phi) is 2.31. The van der Waals surface area contributed by atoms with Gasteiger partial charge >= 0.3 is 5.97 Å². The first kappa shape index (κ1) is 9.04. The predicted octanol–water partition coefficient (Wildman–Crippen LogP) is 2.37. The third-order valence-corrected chi connectivity index (χ3v) is 3.47. The Labute approximate surface area is 79.7 Å². The summed E-state index contributed by atoms with van der Waals surface area (Å²) in [6, 6.07) is 0. The van der Waals surface area contributed by atoms with E-state index in [1.165, 1.54) is 19.3 Å². The molecule has 2 aliphatic rings. The largest absolute Gasteiger partial charge is 0.462 e. The fourth-order valence-electron chi connectivity index (χ4n) is 2.85. The van der Waals surface area contributed by atoms with Crippen molar-refractivity contribution in [3.63, 3.8) is 0 Å². The highest BCUT2D eigenvalue weighted by Gasteiger charge is 2.46. The van der Waals surface area contributed by atoms with Crippen LogP contribution in [0.4, 0.5) is 0 Å². The van der Waals surface area contributed by atoms with E-state index in [0.717, 1.165) is 6.42 Å². The van der Waals surface area contributed by atoms with Gasteiger partial charge in [-0.1, -0.05) is 20.3 Å². The van der Waals surface area contributed by atoms with Crippen LogP contribution in [0.15, 0.2) is 0 Å². The summed E-state index contributed by atoms with van der Waals surface area (Å²) in [4.78, 5) is 11.6. The van der Waals surface area contributed by atoms with Crippen molar-refractivity contribution in [2.75, 3.05) is 0 Å². The second-order valence-electron chi connectivity index (χ2n) is 4.69. The molecule has 1 heterocycles. The number of ether oxygens (including phenoxy) is 1. The van der Waals surface area contributed by atoms with Crippen LogP contribution in [-0.2, 0) is 9.53 Å². The van der Waals surface area contributed by atoms with E-state index in [1.807, 2.05) is 0 Å². The third kappa shape index (κ3) is 1.47. The number of rotatable bonds is 1. The zero-order valence-corrected chi connectivity index (χ0v) is 8.45. The Balaban J connectivity index is 2.13. The van der Waals surface area contributed by atoms with E-state index >= 15 is 0 Å². The lowest BCUT2D eigenvalue weighted by Crippen LogP contribution is -2.27. The fourth-order valence-corrected chi connectivity index (χ4v) is 2.85. The first-order valence-electron chi connectivity index (χ1n) is 5.40. The van der Waals surface area contributed by atoms with Crippen LogP contribution in [0.1, 0.15) is 39.5 Å². The van der Waals surface area contributed by atoms with Gasteiger partial charge < -0.3 is 4.74 Å². The molecule has 1 aliphatic heterocycles. The molecule has 0 spiro atoms. The molecule has 1 aliphatic carbocycles. The van der Waals surface area contributed by atoms with Crippen LogP contribution in [0.3, 0.4) is 0 Å². The summed E-state index contributed by atoms with van der Waals surface area (Å²) in [5.74, 6) is 1.22. The summed E-state index contributed by atoms with van der Waals surface area (Å²) >= 11 is 0. The molecule has 0 aromatic heterocycles. The number of carbonyl (C=O) groups excluding carboxylic acids is 1. The number of hydrogen-bond donors (Lipinski definition) is 0. The van der Waals surface area contributed by atoms with Crippen LogP contribution in [0.5, 0.6) is 0 Å². The lowest BCUT2D eigenvalue weighted by molar-refractivity contribution is -0.145. The minimum absolute atomic E-state index is 0.0619. The topological polar surface area (TPSA) is 26.3 Å². The minimum atomic E-state index is 0.0619. The highest BCUT2D eigenvalue weighted by molar-refractivity contribution is 5.75.